The van der Waals surface area contributed by atoms with Crippen LogP contribution in [0.5, 0.6) is 0 Å². The highest BCUT2D eigenvalue weighted by molar-refractivity contribution is 5.98. The molecule has 1 atom stereocenters. The van der Waals surface area contributed by atoms with Crippen molar-refractivity contribution in [2.45, 2.75) is 26.9 Å². The van der Waals surface area contributed by atoms with E-state index in [9.17, 15) is 9.59 Å². The Morgan fingerprint density at radius 3 is 2.14 bits per heavy atom. The van der Waals surface area contributed by atoms with Crippen molar-refractivity contribution in [3.8, 4) is 0 Å². The van der Waals surface area contributed by atoms with Crippen LogP contribution in [0.4, 0.5) is 0 Å². The zero-order valence-electron chi connectivity index (χ0n) is 13.6. The zero-order valence-corrected chi connectivity index (χ0v) is 13.6. The van der Waals surface area contributed by atoms with Crippen molar-refractivity contribution >= 4 is 11.9 Å². The molecule has 7 heteroatoms. The fourth-order valence-corrected chi connectivity index (χ4v) is 2.21. The predicted molar refractivity (Wildman–Crippen MR) is 78.8 cm³/mol. The van der Waals surface area contributed by atoms with Gasteiger partial charge < -0.3 is 24.3 Å². The molecule has 7 nitrogen and oxygen atoms in total. The lowest BCUT2D eigenvalue weighted by Crippen LogP contribution is -2.38. The first-order chi connectivity index (χ1) is 10.5. The van der Waals surface area contributed by atoms with Crippen LogP contribution in [0.2, 0.25) is 0 Å². The molecular weight excluding hydrogens is 290 g/mol. The van der Waals surface area contributed by atoms with Crippen molar-refractivity contribution < 1.29 is 28.5 Å². The molecule has 0 radical (unpaired) electrons. The zero-order chi connectivity index (χ0) is 16.7. The van der Waals surface area contributed by atoms with E-state index in [-0.39, 0.29) is 24.4 Å². The number of esters is 2. The quantitative estimate of drug-likeness (QED) is 0.552. The van der Waals surface area contributed by atoms with Crippen molar-refractivity contribution in [3.05, 3.63) is 22.5 Å². The molecule has 1 heterocycles. The first kappa shape index (κ1) is 18.2. The van der Waals surface area contributed by atoms with E-state index in [1.54, 1.807) is 27.9 Å². The Morgan fingerprint density at radius 1 is 1.05 bits per heavy atom. The van der Waals surface area contributed by atoms with Crippen LogP contribution in [0.25, 0.3) is 0 Å². The minimum atomic E-state index is -0.845. The van der Waals surface area contributed by atoms with Crippen LogP contribution in [0.1, 0.15) is 20.8 Å². The van der Waals surface area contributed by atoms with E-state index in [0.717, 1.165) is 0 Å². The highest BCUT2D eigenvalue weighted by Crippen LogP contribution is 2.28. The molecule has 0 fully saturated rings. The number of methoxy groups -OCH3 is 2. The second-order valence-corrected chi connectivity index (χ2v) is 4.66. The summed E-state index contributed by atoms with van der Waals surface area (Å²) in [6.07, 6.45) is -0.845. The van der Waals surface area contributed by atoms with E-state index in [1.807, 2.05) is 0 Å². The number of allylic oxidation sites excluding steroid dienone is 2. The van der Waals surface area contributed by atoms with Crippen LogP contribution >= 0.6 is 0 Å². The molecule has 1 aliphatic rings. The minimum absolute atomic E-state index is 0.227. The van der Waals surface area contributed by atoms with E-state index >= 15 is 0 Å². The van der Waals surface area contributed by atoms with Crippen molar-refractivity contribution in [2.75, 3.05) is 34.0 Å². The number of dihydropyridines is 1. The van der Waals surface area contributed by atoms with Crippen LogP contribution < -0.4 is 5.32 Å². The molecule has 1 aliphatic heterocycles. The van der Waals surface area contributed by atoms with Gasteiger partial charge in [-0.15, -0.1) is 0 Å². The number of hydrogen-bond acceptors (Lipinski definition) is 7. The second-order valence-electron chi connectivity index (χ2n) is 4.66. The summed E-state index contributed by atoms with van der Waals surface area (Å²) in [6.45, 7) is 5.97. The van der Waals surface area contributed by atoms with Crippen molar-refractivity contribution in [1.29, 1.82) is 0 Å². The van der Waals surface area contributed by atoms with Gasteiger partial charge in [0.2, 0.25) is 0 Å². The van der Waals surface area contributed by atoms with Gasteiger partial charge in [0, 0.05) is 18.5 Å². The molecule has 1 unspecified atom stereocenters. The third kappa shape index (κ3) is 4.08. The van der Waals surface area contributed by atoms with Crippen molar-refractivity contribution in [2.24, 2.45) is 0 Å². The van der Waals surface area contributed by atoms with Gasteiger partial charge in [-0.1, -0.05) is 0 Å². The molecule has 0 aromatic rings. The lowest BCUT2D eigenvalue weighted by atomic mass is 9.94. The van der Waals surface area contributed by atoms with Crippen LogP contribution in [0.15, 0.2) is 22.5 Å². The molecule has 0 aliphatic carbocycles. The van der Waals surface area contributed by atoms with Crippen molar-refractivity contribution in [3.63, 3.8) is 0 Å². The molecule has 0 saturated carbocycles. The fraction of sp³-hybridized carbons (Fsp3) is 0.600. The van der Waals surface area contributed by atoms with Crippen LogP contribution in [0, 0.1) is 0 Å². The fourth-order valence-electron chi connectivity index (χ4n) is 2.21. The average molecular weight is 313 g/mol. The Labute approximate surface area is 130 Å². The minimum Gasteiger partial charge on any atom is -0.466 e. The SMILES string of the molecule is CCOC(=O)C1=C(C)NC(C)=C(C(=O)OC)C1OCCOC. The predicted octanol–water partition coefficient (Wildman–Crippen LogP) is 0.905. The monoisotopic (exact) mass is 313 g/mol. The Kier molecular flexibility index (Phi) is 7.07. The van der Waals surface area contributed by atoms with E-state index < -0.39 is 18.0 Å². The van der Waals surface area contributed by atoms with E-state index in [2.05, 4.69) is 5.32 Å². The number of nitrogens with one attached hydrogen (secondary N) is 1. The summed E-state index contributed by atoms with van der Waals surface area (Å²) >= 11 is 0. The third-order valence-corrected chi connectivity index (χ3v) is 3.18. The molecule has 0 aromatic heterocycles. The van der Waals surface area contributed by atoms with Gasteiger partial charge >= 0.3 is 11.9 Å². The normalized spacial score (nSPS) is 18.1. The average Bonchev–Trinajstić information content (AvgIpc) is 2.46. The highest BCUT2D eigenvalue weighted by Gasteiger charge is 2.37. The van der Waals surface area contributed by atoms with Gasteiger partial charge in [0.25, 0.3) is 0 Å². The smallest absolute Gasteiger partial charge is 0.338 e. The number of ether oxygens (including phenoxy) is 4. The van der Waals surface area contributed by atoms with Crippen LogP contribution in [-0.2, 0) is 28.5 Å². The molecule has 1 N–H and O–H groups in total. The van der Waals surface area contributed by atoms with Gasteiger partial charge in [-0.3, -0.25) is 0 Å². The molecule has 0 amide bonds. The van der Waals surface area contributed by atoms with E-state index in [0.29, 0.717) is 18.0 Å². The first-order valence-corrected chi connectivity index (χ1v) is 7.02. The summed E-state index contributed by atoms with van der Waals surface area (Å²) in [5, 5.41) is 3.00. The molecule has 0 aromatic carbocycles. The number of rotatable bonds is 7. The van der Waals surface area contributed by atoms with Crippen LogP contribution in [0.3, 0.4) is 0 Å². The first-order valence-electron chi connectivity index (χ1n) is 7.02. The van der Waals surface area contributed by atoms with Gasteiger partial charge in [0.05, 0.1) is 38.1 Å². The summed E-state index contributed by atoms with van der Waals surface area (Å²) in [7, 11) is 2.82. The summed E-state index contributed by atoms with van der Waals surface area (Å²) in [5.41, 5.74) is 1.70. The summed E-state index contributed by atoms with van der Waals surface area (Å²) in [4.78, 5) is 24.3. The summed E-state index contributed by atoms with van der Waals surface area (Å²) in [6, 6.07) is 0. The Hall–Kier alpha value is -1.86. The lowest BCUT2D eigenvalue weighted by Gasteiger charge is -2.29. The Balaban J connectivity index is 3.18. The summed E-state index contributed by atoms with van der Waals surface area (Å²) < 4.78 is 20.5. The second kappa shape index (κ2) is 8.55. The molecule has 0 bridgehead atoms. The largest absolute Gasteiger partial charge is 0.466 e. The van der Waals surface area contributed by atoms with Gasteiger partial charge in [0.15, 0.2) is 0 Å². The lowest BCUT2D eigenvalue weighted by molar-refractivity contribution is -0.141. The van der Waals surface area contributed by atoms with Gasteiger partial charge in [-0.25, -0.2) is 9.59 Å². The molecule has 0 spiro atoms. The molecule has 1 rings (SSSR count). The van der Waals surface area contributed by atoms with Crippen molar-refractivity contribution in [1.82, 2.24) is 5.32 Å². The maximum absolute atomic E-state index is 12.2. The Morgan fingerprint density at radius 2 is 1.64 bits per heavy atom. The topological polar surface area (TPSA) is 83.1 Å². The maximum Gasteiger partial charge on any atom is 0.338 e. The standard InChI is InChI=1S/C15H23NO6/c1-6-21-15(18)12-10(3)16-9(2)11(14(17)20-5)13(12)22-8-7-19-4/h13,16H,6-8H2,1-5H3. The van der Waals surface area contributed by atoms with E-state index in [4.69, 9.17) is 18.9 Å². The number of carbonyl (C=O) groups excluding carboxylic acids is 2. The highest BCUT2D eigenvalue weighted by atomic mass is 16.5. The number of carbonyl (C=O) groups is 2. The van der Waals surface area contributed by atoms with Crippen LogP contribution in [-0.4, -0.2) is 52.1 Å². The summed E-state index contributed by atoms with van der Waals surface area (Å²) in [5.74, 6) is -1.08. The van der Waals surface area contributed by atoms with E-state index in [1.165, 1.54) is 7.11 Å². The molecule has 124 valence electrons. The number of hydrogen-bond donors (Lipinski definition) is 1. The third-order valence-electron chi connectivity index (χ3n) is 3.18. The van der Waals surface area contributed by atoms with Gasteiger partial charge in [0.1, 0.15) is 6.10 Å². The maximum atomic E-state index is 12.2. The Bertz CT molecular complexity index is 494. The molecular formula is C15H23NO6. The van der Waals surface area contributed by atoms with Gasteiger partial charge in [-0.05, 0) is 20.8 Å². The molecule has 22 heavy (non-hydrogen) atoms. The molecule has 0 saturated heterocycles. The van der Waals surface area contributed by atoms with Gasteiger partial charge in [-0.2, -0.15) is 0 Å².